The Morgan fingerprint density at radius 3 is 0.758 bits per heavy atom. The zero-order valence-corrected chi connectivity index (χ0v) is 15.8. The van der Waals surface area contributed by atoms with Gasteiger partial charge in [-0.1, -0.05) is 0 Å². The molecule has 0 radical (unpaired) electrons. The van der Waals surface area contributed by atoms with Crippen LogP contribution in [0.1, 0.15) is 0 Å². The molecule has 200 valence electrons. The van der Waals surface area contributed by atoms with Crippen molar-refractivity contribution < 1.29 is 85.2 Å². The largest absolute Gasteiger partial charge is 0.455 e. The summed E-state index contributed by atoms with van der Waals surface area (Å²) >= 11 is 0. The summed E-state index contributed by atoms with van der Waals surface area (Å²) in [6.07, 6.45) is -18.5. The molecule has 0 atom stereocenters. The van der Waals surface area contributed by atoms with Gasteiger partial charge >= 0.3 is 36.3 Å². The number of aliphatic hydroxyl groups is 1. The van der Waals surface area contributed by atoms with E-state index in [1.54, 1.807) is 0 Å². The molecule has 0 spiro atoms. The molecule has 19 heteroatoms. The van der Waals surface area contributed by atoms with E-state index in [0.717, 1.165) is 0 Å². The lowest BCUT2D eigenvalue weighted by atomic mass is 9.92. The van der Waals surface area contributed by atoms with Gasteiger partial charge in [-0.05, 0) is 0 Å². The van der Waals surface area contributed by atoms with Crippen molar-refractivity contribution in [2.24, 2.45) is 5.41 Å². The average Bonchev–Trinajstić information content (AvgIpc) is 2.57. The van der Waals surface area contributed by atoms with Crippen LogP contribution in [-0.2, 0) is 14.2 Å². The second-order valence-electron chi connectivity index (χ2n) is 6.74. The number of halogens is 15. The lowest BCUT2D eigenvalue weighted by Gasteiger charge is -2.33. The molecule has 0 saturated heterocycles. The van der Waals surface area contributed by atoms with E-state index in [4.69, 9.17) is 0 Å². The van der Waals surface area contributed by atoms with Crippen molar-refractivity contribution in [2.45, 2.75) is 36.3 Å². The summed E-state index contributed by atoms with van der Waals surface area (Å²) in [5, 5.41) is 9.28. The third kappa shape index (κ3) is 9.16. The third-order valence-corrected chi connectivity index (χ3v) is 3.65. The van der Waals surface area contributed by atoms with Crippen LogP contribution in [0.3, 0.4) is 0 Å². The van der Waals surface area contributed by atoms with Crippen LogP contribution in [0.25, 0.3) is 0 Å². The fourth-order valence-corrected chi connectivity index (χ4v) is 1.69. The number of hydrogen-bond donors (Lipinski definition) is 1. The van der Waals surface area contributed by atoms with Crippen LogP contribution in [-0.4, -0.2) is 87.7 Å². The summed E-state index contributed by atoms with van der Waals surface area (Å²) in [6, 6.07) is 0. The molecule has 33 heavy (non-hydrogen) atoms. The molecule has 0 saturated carbocycles. The van der Waals surface area contributed by atoms with Crippen LogP contribution in [0.2, 0.25) is 0 Å². The topological polar surface area (TPSA) is 47.9 Å². The van der Waals surface area contributed by atoms with Crippen molar-refractivity contribution in [3.8, 4) is 0 Å². The lowest BCUT2D eigenvalue weighted by Crippen LogP contribution is -2.48. The highest BCUT2D eigenvalue weighted by Crippen LogP contribution is 2.38. The summed E-state index contributed by atoms with van der Waals surface area (Å²) in [4.78, 5) is 0. The monoisotopic (exact) mass is 532 g/mol. The second-order valence-corrected chi connectivity index (χ2v) is 6.74. The van der Waals surface area contributed by atoms with Crippen LogP contribution in [0, 0.1) is 5.41 Å². The van der Waals surface area contributed by atoms with Crippen LogP contribution in [0.5, 0.6) is 0 Å². The van der Waals surface area contributed by atoms with E-state index < -0.39 is 88.0 Å². The highest BCUT2D eigenvalue weighted by molar-refractivity contribution is 4.83. The fraction of sp³-hybridized carbons (Fsp3) is 1.00. The van der Waals surface area contributed by atoms with Gasteiger partial charge in [0, 0.05) is 0 Å². The minimum atomic E-state index is -6.16. The van der Waals surface area contributed by atoms with Crippen LogP contribution in [0.15, 0.2) is 0 Å². The minimum absolute atomic E-state index is 1.61. The van der Waals surface area contributed by atoms with Crippen molar-refractivity contribution >= 4 is 0 Å². The van der Waals surface area contributed by atoms with Crippen molar-refractivity contribution in [1.82, 2.24) is 0 Å². The molecule has 0 heterocycles. The van der Waals surface area contributed by atoms with Gasteiger partial charge in [0.1, 0.15) is 19.8 Å². The van der Waals surface area contributed by atoms with E-state index in [-0.39, 0.29) is 0 Å². The Labute approximate surface area is 174 Å². The molecule has 0 aromatic carbocycles. The van der Waals surface area contributed by atoms with Crippen molar-refractivity contribution in [3.05, 3.63) is 0 Å². The molecule has 0 amide bonds. The first kappa shape index (κ1) is 31.8. The number of alkyl halides is 15. The number of aliphatic hydroxyl groups excluding tert-OH is 1. The first-order valence-electron chi connectivity index (χ1n) is 8.11. The Hall–Kier alpha value is -1.21. The van der Waals surface area contributed by atoms with E-state index in [1.807, 2.05) is 0 Å². The Morgan fingerprint density at radius 2 is 0.606 bits per heavy atom. The van der Waals surface area contributed by atoms with Crippen LogP contribution >= 0.6 is 0 Å². The van der Waals surface area contributed by atoms with Gasteiger partial charge in [0.2, 0.25) is 0 Å². The molecule has 0 aliphatic carbocycles. The predicted molar refractivity (Wildman–Crippen MR) is 75.0 cm³/mol. The predicted octanol–water partition coefficient (Wildman–Crippen LogP) is 4.61. The molecule has 0 aliphatic rings. The van der Waals surface area contributed by atoms with E-state index in [2.05, 4.69) is 14.2 Å². The van der Waals surface area contributed by atoms with E-state index in [1.165, 1.54) is 0 Å². The third-order valence-electron chi connectivity index (χ3n) is 3.65. The zero-order valence-electron chi connectivity index (χ0n) is 15.8. The van der Waals surface area contributed by atoms with Crippen molar-refractivity contribution in [3.63, 3.8) is 0 Å². The van der Waals surface area contributed by atoms with Crippen LogP contribution < -0.4 is 0 Å². The van der Waals surface area contributed by atoms with Gasteiger partial charge in [-0.2, -0.15) is 65.9 Å². The highest BCUT2D eigenvalue weighted by Gasteiger charge is 2.60. The molecule has 0 aliphatic heterocycles. The summed E-state index contributed by atoms with van der Waals surface area (Å²) in [6.45, 7) is -13.9. The quantitative estimate of drug-likeness (QED) is 0.353. The zero-order chi connectivity index (χ0) is 26.6. The van der Waals surface area contributed by atoms with Gasteiger partial charge in [-0.3, -0.25) is 0 Å². The first-order valence-corrected chi connectivity index (χ1v) is 8.11. The van der Waals surface area contributed by atoms with E-state index in [0.29, 0.717) is 0 Å². The van der Waals surface area contributed by atoms with E-state index in [9.17, 15) is 71.0 Å². The number of rotatable bonds is 13. The molecule has 4 nitrogen and oxygen atoms in total. The molecular formula is C14H15F15O4. The maximum absolute atomic E-state index is 12.9. The van der Waals surface area contributed by atoms with Crippen molar-refractivity contribution in [2.75, 3.05) is 46.2 Å². The molecule has 0 rings (SSSR count). The maximum Gasteiger partial charge on any atom is 0.455 e. The van der Waals surface area contributed by atoms with Gasteiger partial charge in [0.25, 0.3) is 0 Å². The Balaban J connectivity index is 5.40. The molecule has 0 bridgehead atoms. The summed E-state index contributed by atoms with van der Waals surface area (Å²) in [5.41, 5.74) is -2.69. The van der Waals surface area contributed by atoms with Gasteiger partial charge < -0.3 is 19.3 Å². The maximum atomic E-state index is 12.9. The number of ether oxygens (including phenoxy) is 3. The summed E-state index contributed by atoms with van der Waals surface area (Å²) in [5.74, 6) is -16.6. The summed E-state index contributed by atoms with van der Waals surface area (Å²) in [7, 11) is 0. The van der Waals surface area contributed by atoms with Gasteiger partial charge in [-0.25, -0.2) is 0 Å². The Bertz CT molecular complexity index is 518. The lowest BCUT2D eigenvalue weighted by molar-refractivity contribution is -0.307. The SMILES string of the molecule is OCC(COCC(F)(F)C(F)(F)F)(COCC(F)(F)C(F)(F)F)COCC(F)(F)C(F)(F)F. The van der Waals surface area contributed by atoms with E-state index >= 15 is 0 Å². The smallest absolute Gasteiger partial charge is 0.396 e. The normalized spacial score (nSPS) is 15.3. The van der Waals surface area contributed by atoms with Gasteiger partial charge in [-0.15, -0.1) is 0 Å². The number of hydrogen-bond acceptors (Lipinski definition) is 4. The minimum Gasteiger partial charge on any atom is -0.396 e. The Kier molecular flexibility index (Phi) is 10.2. The second kappa shape index (κ2) is 10.6. The fourth-order valence-electron chi connectivity index (χ4n) is 1.69. The van der Waals surface area contributed by atoms with Crippen molar-refractivity contribution in [1.29, 1.82) is 0 Å². The van der Waals surface area contributed by atoms with Gasteiger partial charge in [0.15, 0.2) is 0 Å². The first-order chi connectivity index (χ1) is 14.4. The standard InChI is InChI=1S/C14H15F15O4/c15-9(16,12(21,22)23)5-31-2-8(1-30,3-32-6-10(17,18)13(24,25)26)4-33-7-11(19,20)14(27,28)29/h30H,1-7H2. The molecule has 0 fully saturated rings. The summed E-state index contributed by atoms with van der Waals surface area (Å²) < 4.78 is 198. The van der Waals surface area contributed by atoms with Gasteiger partial charge in [0.05, 0.1) is 31.8 Å². The van der Waals surface area contributed by atoms with Crippen LogP contribution in [0.4, 0.5) is 65.9 Å². The molecular weight excluding hydrogens is 517 g/mol. The Morgan fingerprint density at radius 1 is 0.394 bits per heavy atom. The highest BCUT2D eigenvalue weighted by atomic mass is 19.4. The molecule has 0 unspecified atom stereocenters. The molecule has 0 aromatic rings. The average molecular weight is 532 g/mol. The molecule has 0 aromatic heterocycles. The molecule has 1 N–H and O–H groups in total.